The summed E-state index contributed by atoms with van der Waals surface area (Å²) in [5, 5.41) is 2.97. The van der Waals surface area contributed by atoms with Gasteiger partial charge in [-0.1, -0.05) is 43.9 Å². The van der Waals surface area contributed by atoms with Gasteiger partial charge in [0.05, 0.1) is 0 Å². The number of benzene rings is 1. The average molecular weight is 328 g/mol. The highest BCUT2D eigenvalue weighted by molar-refractivity contribution is 5.96. The normalized spacial score (nSPS) is 21.5. The number of hydrogen-bond donors (Lipinski definition) is 1. The third-order valence-corrected chi connectivity index (χ3v) is 5.58. The molecule has 0 radical (unpaired) electrons. The van der Waals surface area contributed by atoms with Crippen LogP contribution in [0, 0.1) is 5.92 Å². The molecule has 4 heteroatoms. The molecule has 1 aliphatic heterocycles. The van der Waals surface area contributed by atoms with Gasteiger partial charge in [-0.25, -0.2) is 0 Å². The van der Waals surface area contributed by atoms with Gasteiger partial charge in [0, 0.05) is 31.1 Å². The quantitative estimate of drug-likeness (QED) is 0.856. The van der Waals surface area contributed by atoms with Gasteiger partial charge in [-0.15, -0.1) is 0 Å². The smallest absolute Gasteiger partial charge is 0.227 e. The van der Waals surface area contributed by atoms with Gasteiger partial charge in [-0.3, -0.25) is 9.59 Å². The van der Waals surface area contributed by atoms with E-state index >= 15 is 0 Å². The van der Waals surface area contributed by atoms with Gasteiger partial charge < -0.3 is 10.2 Å². The van der Waals surface area contributed by atoms with Crippen molar-refractivity contribution in [2.24, 2.45) is 5.92 Å². The van der Waals surface area contributed by atoms with E-state index in [-0.39, 0.29) is 17.7 Å². The number of hydrogen-bond acceptors (Lipinski definition) is 2. The van der Waals surface area contributed by atoms with Gasteiger partial charge in [-0.2, -0.15) is 0 Å². The van der Waals surface area contributed by atoms with Crippen LogP contribution in [0.15, 0.2) is 24.3 Å². The topological polar surface area (TPSA) is 49.4 Å². The van der Waals surface area contributed by atoms with E-state index in [2.05, 4.69) is 11.4 Å². The van der Waals surface area contributed by atoms with Crippen LogP contribution in [0.3, 0.4) is 0 Å². The maximum atomic E-state index is 12.5. The molecule has 130 valence electrons. The third kappa shape index (κ3) is 3.97. The van der Waals surface area contributed by atoms with Crippen LogP contribution in [0.4, 0.5) is 5.69 Å². The van der Waals surface area contributed by atoms with Crippen LogP contribution in [0.1, 0.15) is 56.9 Å². The molecule has 1 unspecified atom stereocenters. The highest BCUT2D eigenvalue weighted by atomic mass is 16.2. The zero-order valence-electron chi connectivity index (χ0n) is 14.6. The second-order valence-corrected chi connectivity index (χ2v) is 7.24. The molecule has 1 heterocycles. The van der Waals surface area contributed by atoms with E-state index in [0.717, 1.165) is 24.9 Å². The molecule has 24 heavy (non-hydrogen) atoms. The number of nitrogens with one attached hydrogen (secondary N) is 1. The molecule has 1 saturated carbocycles. The van der Waals surface area contributed by atoms with Crippen LogP contribution in [-0.4, -0.2) is 29.8 Å². The first kappa shape index (κ1) is 17.0. The lowest BCUT2D eigenvalue weighted by Crippen LogP contribution is -2.37. The Morgan fingerprint density at radius 1 is 1.17 bits per heavy atom. The maximum absolute atomic E-state index is 12.5. The molecule has 3 rings (SSSR count). The molecule has 4 nitrogen and oxygen atoms in total. The summed E-state index contributed by atoms with van der Waals surface area (Å²) in [5.41, 5.74) is 2.09. The predicted molar refractivity (Wildman–Crippen MR) is 95.8 cm³/mol. The first-order chi connectivity index (χ1) is 11.6. The van der Waals surface area contributed by atoms with Crippen molar-refractivity contribution in [1.29, 1.82) is 0 Å². The van der Waals surface area contributed by atoms with Crippen molar-refractivity contribution in [3.05, 3.63) is 29.8 Å². The minimum absolute atomic E-state index is 0.0543. The molecule has 0 aromatic heterocycles. The summed E-state index contributed by atoms with van der Waals surface area (Å²) in [6, 6.07) is 8.32. The molecule has 1 atom stereocenters. The van der Waals surface area contributed by atoms with Gasteiger partial charge in [0.25, 0.3) is 0 Å². The first-order valence-corrected chi connectivity index (χ1v) is 9.29. The summed E-state index contributed by atoms with van der Waals surface area (Å²) in [6.07, 6.45) is 9.12. The lowest BCUT2D eigenvalue weighted by molar-refractivity contribution is -0.132. The van der Waals surface area contributed by atoms with Gasteiger partial charge in [0.2, 0.25) is 11.8 Å². The third-order valence-electron chi connectivity index (χ3n) is 5.58. The van der Waals surface area contributed by atoms with Crippen LogP contribution in [0.5, 0.6) is 0 Å². The van der Waals surface area contributed by atoms with E-state index < -0.39 is 0 Å². The summed E-state index contributed by atoms with van der Waals surface area (Å²) in [4.78, 5) is 26.7. The molecule has 1 aromatic carbocycles. The number of nitrogens with zero attached hydrogens (tertiary/aromatic N) is 1. The van der Waals surface area contributed by atoms with Crippen molar-refractivity contribution < 1.29 is 9.59 Å². The number of anilines is 1. The zero-order chi connectivity index (χ0) is 16.9. The Morgan fingerprint density at radius 2 is 1.88 bits per heavy atom. The van der Waals surface area contributed by atoms with Crippen LogP contribution in [0.25, 0.3) is 0 Å². The second-order valence-electron chi connectivity index (χ2n) is 7.24. The molecule has 0 spiro atoms. The minimum Gasteiger partial charge on any atom is -0.343 e. The number of fused-ring (bicyclic) bond motifs is 1. The molecule has 0 saturated heterocycles. The monoisotopic (exact) mass is 328 g/mol. The van der Waals surface area contributed by atoms with Gasteiger partial charge in [-0.05, 0) is 37.3 Å². The van der Waals surface area contributed by atoms with E-state index in [1.807, 2.05) is 30.1 Å². The summed E-state index contributed by atoms with van der Waals surface area (Å²) in [5.74, 6) is 0.151. The largest absolute Gasteiger partial charge is 0.343 e. The Morgan fingerprint density at radius 3 is 2.62 bits per heavy atom. The van der Waals surface area contributed by atoms with Crippen molar-refractivity contribution in [3.8, 4) is 0 Å². The maximum Gasteiger partial charge on any atom is 0.227 e. The molecule has 1 fully saturated rings. The average Bonchev–Trinajstić information content (AvgIpc) is 2.88. The van der Waals surface area contributed by atoms with Crippen molar-refractivity contribution in [2.75, 3.05) is 12.4 Å². The van der Waals surface area contributed by atoms with Crippen molar-refractivity contribution in [3.63, 3.8) is 0 Å². The van der Waals surface area contributed by atoms with Gasteiger partial charge in [0.1, 0.15) is 0 Å². The second kappa shape index (κ2) is 7.82. The molecule has 2 aliphatic rings. The van der Waals surface area contributed by atoms with E-state index in [0.29, 0.717) is 18.9 Å². The zero-order valence-corrected chi connectivity index (χ0v) is 14.6. The SMILES string of the molecule is CN(C(=O)CCC1Cc2ccccc2NC1=O)C1CCCCCC1. The Labute approximate surface area is 144 Å². The minimum atomic E-state index is -0.0913. The fourth-order valence-electron chi connectivity index (χ4n) is 3.97. The fraction of sp³-hybridized carbons (Fsp3) is 0.600. The van der Waals surface area contributed by atoms with Crippen molar-refractivity contribution >= 4 is 17.5 Å². The number of carbonyl (C=O) groups excluding carboxylic acids is 2. The first-order valence-electron chi connectivity index (χ1n) is 9.29. The van der Waals surface area contributed by atoms with Crippen molar-refractivity contribution in [2.45, 2.75) is 63.8 Å². The summed E-state index contributed by atoms with van der Waals surface area (Å²) >= 11 is 0. The summed E-state index contributed by atoms with van der Waals surface area (Å²) < 4.78 is 0. The lowest BCUT2D eigenvalue weighted by Gasteiger charge is -2.29. The van der Waals surface area contributed by atoms with Gasteiger partial charge in [0.15, 0.2) is 0 Å². The highest BCUT2D eigenvalue weighted by Crippen LogP contribution is 2.28. The van der Waals surface area contributed by atoms with Crippen LogP contribution >= 0.6 is 0 Å². The van der Waals surface area contributed by atoms with E-state index in [1.165, 1.54) is 31.2 Å². The molecule has 0 bridgehead atoms. The number of carbonyl (C=O) groups is 2. The summed E-state index contributed by atoms with van der Waals surface area (Å²) in [7, 11) is 1.94. The number of para-hydroxylation sites is 1. The molecule has 1 N–H and O–H groups in total. The Hall–Kier alpha value is -1.84. The van der Waals surface area contributed by atoms with E-state index in [1.54, 1.807) is 0 Å². The van der Waals surface area contributed by atoms with E-state index in [9.17, 15) is 9.59 Å². The number of rotatable bonds is 4. The molecular formula is C20H28N2O2. The Balaban J connectivity index is 1.53. The standard InChI is InChI=1S/C20H28N2O2/c1-22(17-9-4-2-3-5-10-17)19(23)13-12-16-14-15-8-6-7-11-18(15)21-20(16)24/h6-8,11,16-17H,2-5,9-10,12-14H2,1H3,(H,21,24). The van der Waals surface area contributed by atoms with Gasteiger partial charge >= 0.3 is 0 Å². The molecular weight excluding hydrogens is 300 g/mol. The summed E-state index contributed by atoms with van der Waals surface area (Å²) in [6.45, 7) is 0. The molecule has 1 aliphatic carbocycles. The van der Waals surface area contributed by atoms with E-state index in [4.69, 9.17) is 0 Å². The number of amides is 2. The highest BCUT2D eigenvalue weighted by Gasteiger charge is 2.28. The molecule has 1 aromatic rings. The lowest BCUT2D eigenvalue weighted by atomic mass is 9.89. The fourth-order valence-corrected chi connectivity index (χ4v) is 3.97. The predicted octanol–water partition coefficient (Wildman–Crippen LogP) is 3.76. The Kier molecular flexibility index (Phi) is 5.54. The van der Waals surface area contributed by atoms with Crippen molar-refractivity contribution in [1.82, 2.24) is 4.90 Å². The van der Waals surface area contributed by atoms with Crippen LogP contribution in [-0.2, 0) is 16.0 Å². The molecule has 2 amide bonds. The Bertz CT molecular complexity index is 591. The van der Waals surface area contributed by atoms with Crippen LogP contribution in [0.2, 0.25) is 0 Å². The van der Waals surface area contributed by atoms with Crippen LogP contribution < -0.4 is 5.32 Å².